The number of rotatable bonds is 9. The molecule has 216 valence electrons. The highest BCUT2D eigenvalue weighted by molar-refractivity contribution is 6.00. The minimum absolute atomic E-state index is 0.0107. The van der Waals surface area contributed by atoms with E-state index in [1.807, 2.05) is 25.1 Å². The average Bonchev–Trinajstić information content (AvgIpc) is 2.93. The molecule has 2 atom stereocenters. The number of carbonyl (C=O) groups is 3. The second-order valence-corrected chi connectivity index (χ2v) is 10.6. The summed E-state index contributed by atoms with van der Waals surface area (Å²) in [5.41, 5.74) is 1.81. The number of amides is 3. The predicted molar refractivity (Wildman–Crippen MR) is 159 cm³/mol. The standard InChI is InChI=1S/C33H34N4O5/c1-6-24-12-8-9-13-26(24)29(30(39)35-27-14-10-7-11-22(27)2)37(20-19-34)31(40)28(36-32(41)42-33(3,4)5)21-23-15-17-25(38)18-16-23/h1,7-18,28-29,38H,20-21H2,2-5H3,(H,35,39)(H,36,41). The van der Waals surface area contributed by atoms with Gasteiger partial charge in [0, 0.05) is 17.7 Å². The van der Waals surface area contributed by atoms with Gasteiger partial charge in [0.1, 0.15) is 30.0 Å². The summed E-state index contributed by atoms with van der Waals surface area (Å²) in [7, 11) is 0. The molecule has 3 aromatic carbocycles. The zero-order chi connectivity index (χ0) is 30.9. The zero-order valence-corrected chi connectivity index (χ0v) is 24.0. The van der Waals surface area contributed by atoms with E-state index in [0.717, 1.165) is 10.5 Å². The molecule has 3 aromatic rings. The molecule has 0 bridgehead atoms. The second kappa shape index (κ2) is 13.9. The number of nitrogens with one attached hydrogen (secondary N) is 2. The average molecular weight is 567 g/mol. The normalized spacial score (nSPS) is 12.1. The van der Waals surface area contributed by atoms with Crippen LogP contribution < -0.4 is 10.6 Å². The Labute approximate surface area is 246 Å². The van der Waals surface area contributed by atoms with Crippen molar-refractivity contribution >= 4 is 23.6 Å². The fourth-order valence-corrected chi connectivity index (χ4v) is 4.32. The van der Waals surface area contributed by atoms with Crippen LogP contribution in [0.25, 0.3) is 0 Å². The molecule has 0 aliphatic carbocycles. The number of para-hydroxylation sites is 1. The summed E-state index contributed by atoms with van der Waals surface area (Å²) >= 11 is 0. The van der Waals surface area contributed by atoms with Gasteiger partial charge in [-0.05, 0) is 68.7 Å². The summed E-state index contributed by atoms with van der Waals surface area (Å²) in [6, 6.07) is 19.4. The predicted octanol–water partition coefficient (Wildman–Crippen LogP) is 4.85. The van der Waals surface area contributed by atoms with Crippen LogP contribution in [0.1, 0.15) is 49.1 Å². The topological polar surface area (TPSA) is 132 Å². The first-order valence-corrected chi connectivity index (χ1v) is 13.3. The summed E-state index contributed by atoms with van der Waals surface area (Å²) in [6.07, 6.45) is 4.91. The number of aryl methyl sites for hydroxylation is 1. The maximum absolute atomic E-state index is 14.3. The molecule has 0 aliphatic heterocycles. The Morgan fingerprint density at radius 2 is 1.67 bits per heavy atom. The summed E-state index contributed by atoms with van der Waals surface area (Å²) < 4.78 is 5.40. The molecular weight excluding hydrogens is 532 g/mol. The number of benzene rings is 3. The van der Waals surface area contributed by atoms with Crippen molar-refractivity contribution in [1.82, 2.24) is 10.2 Å². The van der Waals surface area contributed by atoms with Gasteiger partial charge in [-0.1, -0.05) is 54.5 Å². The van der Waals surface area contributed by atoms with Gasteiger partial charge in [0.05, 0.1) is 6.07 Å². The highest BCUT2D eigenvalue weighted by Crippen LogP contribution is 2.28. The van der Waals surface area contributed by atoms with Crippen LogP contribution in [0, 0.1) is 30.6 Å². The van der Waals surface area contributed by atoms with Crippen molar-refractivity contribution in [2.24, 2.45) is 0 Å². The van der Waals surface area contributed by atoms with Crippen LogP contribution in [0.3, 0.4) is 0 Å². The van der Waals surface area contributed by atoms with E-state index < -0.39 is 42.1 Å². The Morgan fingerprint density at radius 3 is 2.29 bits per heavy atom. The van der Waals surface area contributed by atoms with Crippen LogP contribution in [-0.2, 0) is 20.7 Å². The van der Waals surface area contributed by atoms with Crippen LogP contribution in [0.5, 0.6) is 5.75 Å². The van der Waals surface area contributed by atoms with Crippen LogP contribution in [0.15, 0.2) is 72.8 Å². The highest BCUT2D eigenvalue weighted by atomic mass is 16.6. The summed E-state index contributed by atoms with van der Waals surface area (Å²) in [5.74, 6) is 1.31. The van der Waals surface area contributed by atoms with Gasteiger partial charge in [0.25, 0.3) is 5.91 Å². The van der Waals surface area contributed by atoms with E-state index in [-0.39, 0.29) is 12.2 Å². The molecule has 9 heteroatoms. The molecule has 3 amide bonds. The van der Waals surface area contributed by atoms with Gasteiger partial charge in [-0.15, -0.1) is 6.42 Å². The number of nitriles is 1. The lowest BCUT2D eigenvalue weighted by Crippen LogP contribution is -2.53. The molecule has 3 rings (SSSR count). The Morgan fingerprint density at radius 1 is 1.02 bits per heavy atom. The lowest BCUT2D eigenvalue weighted by Gasteiger charge is -2.33. The van der Waals surface area contributed by atoms with Crippen molar-refractivity contribution in [1.29, 1.82) is 5.26 Å². The number of phenolic OH excluding ortho intramolecular Hbond substituents is 1. The molecular formula is C33H34N4O5. The number of terminal acetylenes is 1. The molecule has 0 radical (unpaired) electrons. The third kappa shape index (κ3) is 8.36. The van der Waals surface area contributed by atoms with E-state index in [9.17, 15) is 24.8 Å². The van der Waals surface area contributed by atoms with Crippen LogP contribution in [0.2, 0.25) is 0 Å². The van der Waals surface area contributed by atoms with E-state index in [4.69, 9.17) is 11.2 Å². The zero-order valence-electron chi connectivity index (χ0n) is 24.0. The first-order chi connectivity index (χ1) is 19.9. The van der Waals surface area contributed by atoms with E-state index in [1.54, 1.807) is 69.3 Å². The number of hydrogen-bond donors (Lipinski definition) is 3. The van der Waals surface area contributed by atoms with E-state index in [0.29, 0.717) is 22.4 Å². The number of alkyl carbamates (subject to hydrolysis) is 1. The molecule has 3 N–H and O–H groups in total. The van der Waals surface area contributed by atoms with Crippen molar-refractivity contribution in [2.75, 3.05) is 11.9 Å². The maximum atomic E-state index is 14.3. The molecule has 42 heavy (non-hydrogen) atoms. The van der Waals surface area contributed by atoms with Gasteiger partial charge in [0.2, 0.25) is 5.91 Å². The van der Waals surface area contributed by atoms with Gasteiger partial charge in [-0.25, -0.2) is 4.79 Å². The highest BCUT2D eigenvalue weighted by Gasteiger charge is 2.37. The van der Waals surface area contributed by atoms with Crippen molar-refractivity contribution in [2.45, 2.75) is 51.8 Å². The number of ether oxygens (including phenoxy) is 1. The first-order valence-electron chi connectivity index (χ1n) is 13.3. The number of aromatic hydroxyl groups is 1. The lowest BCUT2D eigenvalue weighted by molar-refractivity contribution is -0.140. The van der Waals surface area contributed by atoms with Gasteiger partial charge >= 0.3 is 6.09 Å². The van der Waals surface area contributed by atoms with Gasteiger partial charge in [0.15, 0.2) is 0 Å². The Bertz CT molecular complexity index is 1510. The molecule has 0 fully saturated rings. The number of carbonyl (C=O) groups excluding carboxylic acids is 3. The molecule has 0 spiro atoms. The summed E-state index contributed by atoms with van der Waals surface area (Å²) in [6.45, 7) is 6.42. The summed E-state index contributed by atoms with van der Waals surface area (Å²) in [5, 5.41) is 25.0. The Hall–Kier alpha value is -5.28. The number of nitrogens with zero attached hydrogens (tertiary/aromatic N) is 2. The van der Waals surface area contributed by atoms with E-state index >= 15 is 0 Å². The minimum atomic E-state index is -1.31. The van der Waals surface area contributed by atoms with Crippen molar-refractivity contribution in [3.63, 3.8) is 0 Å². The number of phenols is 1. The Kier molecular flexibility index (Phi) is 10.3. The van der Waals surface area contributed by atoms with Crippen LogP contribution >= 0.6 is 0 Å². The fraction of sp³-hybridized carbons (Fsp3) is 0.273. The lowest BCUT2D eigenvalue weighted by atomic mass is 9.96. The molecule has 9 nitrogen and oxygen atoms in total. The monoisotopic (exact) mass is 566 g/mol. The summed E-state index contributed by atoms with van der Waals surface area (Å²) in [4.78, 5) is 42.2. The third-order valence-corrected chi connectivity index (χ3v) is 6.26. The van der Waals surface area contributed by atoms with Gasteiger partial charge in [-0.2, -0.15) is 5.26 Å². The Balaban J connectivity index is 2.10. The van der Waals surface area contributed by atoms with E-state index in [2.05, 4.69) is 16.6 Å². The first kappa shape index (κ1) is 31.3. The maximum Gasteiger partial charge on any atom is 0.408 e. The molecule has 0 aromatic heterocycles. The van der Waals surface area contributed by atoms with Crippen molar-refractivity contribution < 1.29 is 24.2 Å². The largest absolute Gasteiger partial charge is 0.508 e. The molecule has 0 heterocycles. The van der Waals surface area contributed by atoms with Crippen molar-refractivity contribution in [3.8, 4) is 24.2 Å². The van der Waals surface area contributed by atoms with E-state index in [1.165, 1.54) is 12.1 Å². The molecule has 0 saturated carbocycles. The SMILES string of the molecule is C#Cc1ccccc1C(C(=O)Nc1ccccc1C)N(CC#N)C(=O)C(Cc1ccc(O)cc1)NC(=O)OC(C)(C)C. The smallest absolute Gasteiger partial charge is 0.408 e. The van der Waals surface area contributed by atoms with Crippen LogP contribution in [-0.4, -0.2) is 46.1 Å². The molecule has 0 saturated heterocycles. The quantitative estimate of drug-likeness (QED) is 0.251. The fourth-order valence-electron chi connectivity index (χ4n) is 4.32. The molecule has 0 aliphatic rings. The third-order valence-electron chi connectivity index (χ3n) is 6.26. The second-order valence-electron chi connectivity index (χ2n) is 10.6. The van der Waals surface area contributed by atoms with Gasteiger partial charge in [-0.3, -0.25) is 9.59 Å². The number of anilines is 1. The molecule has 2 unspecified atom stereocenters. The van der Waals surface area contributed by atoms with Crippen LogP contribution in [0.4, 0.5) is 10.5 Å². The van der Waals surface area contributed by atoms with Crippen molar-refractivity contribution in [3.05, 3.63) is 95.1 Å². The number of hydrogen-bond acceptors (Lipinski definition) is 6. The minimum Gasteiger partial charge on any atom is -0.508 e. The van der Waals surface area contributed by atoms with Gasteiger partial charge < -0.3 is 25.4 Å².